The molecule has 8 aromatic rings. The fourth-order valence-corrected chi connectivity index (χ4v) is 14.0. The summed E-state index contributed by atoms with van der Waals surface area (Å²) < 4.78 is 0. The molecule has 1 aromatic heterocycles. The van der Waals surface area contributed by atoms with Crippen molar-refractivity contribution in [2.45, 2.75) is 13.3 Å². The summed E-state index contributed by atoms with van der Waals surface area (Å²) in [4.78, 5) is 14.7. The number of hydrogen-bond donors (Lipinski definition) is 0. The summed E-state index contributed by atoms with van der Waals surface area (Å²) in [6, 6.07) is 67.6. The van der Waals surface area contributed by atoms with Crippen molar-refractivity contribution in [3.8, 4) is 56.4 Å². The van der Waals surface area contributed by atoms with E-state index in [9.17, 15) is 0 Å². The monoisotopic (exact) mass is 733 g/mol. The zero-order chi connectivity index (χ0) is 37.5. The van der Waals surface area contributed by atoms with Crippen LogP contribution in [0.4, 0.5) is 0 Å². The molecule has 3 nitrogen and oxygen atoms in total. The Morgan fingerprint density at radius 1 is 0.429 bits per heavy atom. The van der Waals surface area contributed by atoms with Crippen molar-refractivity contribution >= 4 is 29.2 Å². The first kappa shape index (κ1) is 33.8. The lowest BCUT2D eigenvalue weighted by molar-refractivity contribution is 0.748. The highest BCUT2D eigenvalue weighted by molar-refractivity contribution is 7.18. The molecule has 7 aromatic carbocycles. The van der Waals surface area contributed by atoms with Crippen LogP contribution in [0.2, 0.25) is 0 Å². The molecule has 2 aliphatic rings. The van der Waals surface area contributed by atoms with E-state index in [0.29, 0.717) is 23.4 Å². The van der Waals surface area contributed by atoms with Crippen LogP contribution in [0.15, 0.2) is 205 Å². The summed E-state index contributed by atoms with van der Waals surface area (Å²) in [5, 5.41) is 5.93. The summed E-state index contributed by atoms with van der Waals surface area (Å²) in [7, 11) is -2.53. The van der Waals surface area contributed by atoms with Crippen LogP contribution in [0.1, 0.15) is 18.9 Å². The van der Waals surface area contributed by atoms with E-state index in [1.54, 1.807) is 5.20 Å². The Kier molecular flexibility index (Phi) is 8.54. The Bertz CT molecular complexity index is 2640. The molecular weight excluding hydrogens is 695 g/mol. The summed E-state index contributed by atoms with van der Waals surface area (Å²) in [6.07, 6.45) is 5.98. The average Bonchev–Trinajstić information content (AvgIpc) is 3.57. The Hall–Kier alpha value is -6.75. The molecule has 266 valence electrons. The molecule has 2 heterocycles. The van der Waals surface area contributed by atoms with Crippen molar-refractivity contribution in [2.75, 3.05) is 0 Å². The molecule has 0 N–H and O–H groups in total. The van der Waals surface area contributed by atoms with Crippen LogP contribution >= 0.6 is 0 Å². The molecule has 10 rings (SSSR count). The molecule has 1 unspecified atom stereocenters. The van der Waals surface area contributed by atoms with E-state index in [4.69, 9.17) is 15.0 Å². The van der Waals surface area contributed by atoms with Crippen molar-refractivity contribution in [3.63, 3.8) is 0 Å². The minimum atomic E-state index is -2.53. The lowest BCUT2D eigenvalue weighted by Gasteiger charge is -2.33. The van der Waals surface area contributed by atoms with Gasteiger partial charge in [-0.3, -0.25) is 0 Å². The molecule has 1 aliphatic carbocycles. The van der Waals surface area contributed by atoms with Gasteiger partial charge in [0.05, 0.1) is 0 Å². The second kappa shape index (κ2) is 14.1. The van der Waals surface area contributed by atoms with Gasteiger partial charge in [0.2, 0.25) is 0 Å². The maximum Gasteiger partial charge on any atom is 0.180 e. The van der Waals surface area contributed by atoms with E-state index >= 15 is 0 Å². The van der Waals surface area contributed by atoms with Crippen LogP contribution in [0.25, 0.3) is 62.0 Å². The Morgan fingerprint density at radius 2 is 0.821 bits per heavy atom. The second-order valence-corrected chi connectivity index (χ2v) is 18.6. The first-order chi connectivity index (χ1) is 27.6. The number of nitrogens with zero attached hydrogens (tertiary/aromatic N) is 3. The van der Waals surface area contributed by atoms with Crippen molar-refractivity contribution in [1.29, 1.82) is 0 Å². The zero-order valence-electron chi connectivity index (χ0n) is 31.2. The van der Waals surface area contributed by atoms with Crippen LogP contribution in [0.5, 0.6) is 0 Å². The molecule has 1 aliphatic heterocycles. The molecule has 0 radical (unpaired) electrons. The van der Waals surface area contributed by atoms with E-state index in [0.717, 1.165) is 28.7 Å². The van der Waals surface area contributed by atoms with Gasteiger partial charge in [0.25, 0.3) is 0 Å². The molecule has 0 bridgehead atoms. The standard InChI is InChI=1S/C52H39N3Si/c1-36-22-33-48-47(34-36)46-32-31-43(35-49(46)56(48,44-18-10-4-11-19-44)45-20-12-5-13-21-45)39-25-23-37(24-26-39)38-27-29-42(30-28-38)52-54-50(40-14-6-2-7-15-40)53-51(55-52)41-16-8-3-9-17-41/h2-33,35-36H,34H2,1H3. The van der Waals surface area contributed by atoms with Crippen LogP contribution in [0, 0.1) is 5.92 Å². The van der Waals surface area contributed by atoms with E-state index in [1.165, 1.54) is 43.4 Å². The maximum absolute atomic E-state index is 4.92. The van der Waals surface area contributed by atoms with Crippen molar-refractivity contribution < 1.29 is 0 Å². The highest BCUT2D eigenvalue weighted by Gasteiger charge is 2.50. The van der Waals surface area contributed by atoms with Gasteiger partial charge in [-0.25, -0.2) is 15.0 Å². The first-order valence-electron chi connectivity index (χ1n) is 19.4. The summed E-state index contributed by atoms with van der Waals surface area (Å²) >= 11 is 0. The zero-order valence-corrected chi connectivity index (χ0v) is 32.2. The number of fused-ring (bicyclic) bond motifs is 2. The molecule has 0 saturated heterocycles. The average molecular weight is 734 g/mol. The van der Waals surface area contributed by atoms with Crippen LogP contribution in [-0.4, -0.2) is 23.0 Å². The topological polar surface area (TPSA) is 38.7 Å². The largest absolute Gasteiger partial charge is 0.208 e. The quantitative estimate of drug-likeness (QED) is 0.153. The van der Waals surface area contributed by atoms with Gasteiger partial charge >= 0.3 is 0 Å². The third-order valence-corrected chi connectivity index (χ3v) is 16.3. The van der Waals surface area contributed by atoms with Gasteiger partial charge < -0.3 is 0 Å². The summed E-state index contributed by atoms with van der Waals surface area (Å²) in [5.74, 6) is 2.50. The van der Waals surface area contributed by atoms with Gasteiger partial charge in [0.15, 0.2) is 25.5 Å². The van der Waals surface area contributed by atoms with Gasteiger partial charge in [0.1, 0.15) is 0 Å². The number of allylic oxidation sites excluding steroid dienone is 4. The molecule has 0 amide bonds. The SMILES string of the molecule is CC1C=CC2=C(C1)c1ccc(-c3ccc(-c4ccc(-c5nc(-c6ccccc6)nc(-c6ccccc6)n5)cc4)cc3)cc1[Si]2(c1ccccc1)c1ccccc1. The van der Waals surface area contributed by atoms with E-state index in [2.05, 4.69) is 146 Å². The van der Waals surface area contributed by atoms with E-state index in [1.807, 2.05) is 60.7 Å². The molecule has 1 atom stereocenters. The number of rotatable bonds is 7. The van der Waals surface area contributed by atoms with Crippen LogP contribution in [0.3, 0.4) is 0 Å². The van der Waals surface area contributed by atoms with E-state index < -0.39 is 8.07 Å². The second-order valence-electron chi connectivity index (χ2n) is 14.9. The lowest BCUT2D eigenvalue weighted by atomic mass is 9.90. The lowest BCUT2D eigenvalue weighted by Crippen LogP contribution is -2.67. The summed E-state index contributed by atoms with van der Waals surface area (Å²) in [5.41, 5.74) is 10.6. The highest BCUT2D eigenvalue weighted by Crippen LogP contribution is 2.42. The van der Waals surface area contributed by atoms with Crippen molar-refractivity contribution in [1.82, 2.24) is 15.0 Å². The number of hydrogen-bond acceptors (Lipinski definition) is 3. The van der Waals surface area contributed by atoms with Gasteiger partial charge in [-0.2, -0.15) is 0 Å². The molecule has 56 heavy (non-hydrogen) atoms. The van der Waals surface area contributed by atoms with Gasteiger partial charge in [-0.05, 0) is 66.5 Å². The first-order valence-corrected chi connectivity index (χ1v) is 21.4. The minimum Gasteiger partial charge on any atom is -0.208 e. The third-order valence-electron chi connectivity index (χ3n) is 11.4. The Labute approximate surface area is 329 Å². The summed E-state index contributed by atoms with van der Waals surface area (Å²) in [6.45, 7) is 2.34. The number of aromatic nitrogens is 3. The fourth-order valence-electron chi connectivity index (χ4n) is 8.68. The molecule has 0 saturated carbocycles. The predicted molar refractivity (Wildman–Crippen MR) is 234 cm³/mol. The van der Waals surface area contributed by atoms with Gasteiger partial charge in [-0.1, -0.05) is 207 Å². The van der Waals surface area contributed by atoms with Crippen LogP contribution in [-0.2, 0) is 0 Å². The maximum atomic E-state index is 4.92. The van der Waals surface area contributed by atoms with E-state index in [-0.39, 0.29) is 0 Å². The normalized spacial score (nSPS) is 15.3. The smallest absolute Gasteiger partial charge is 0.180 e. The number of benzene rings is 7. The highest BCUT2D eigenvalue weighted by atomic mass is 28.3. The Balaban J connectivity index is 0.998. The van der Waals surface area contributed by atoms with Crippen LogP contribution < -0.4 is 15.6 Å². The predicted octanol–water partition coefficient (Wildman–Crippen LogP) is 10.6. The minimum absolute atomic E-state index is 0.523. The molecule has 4 heteroatoms. The molecular formula is C52H39N3Si. The Morgan fingerprint density at radius 3 is 1.30 bits per heavy atom. The van der Waals surface area contributed by atoms with Gasteiger partial charge in [0, 0.05) is 16.7 Å². The van der Waals surface area contributed by atoms with Gasteiger partial charge in [-0.15, -0.1) is 0 Å². The van der Waals surface area contributed by atoms with Crippen molar-refractivity contribution in [3.05, 3.63) is 211 Å². The third kappa shape index (κ3) is 5.87. The fraction of sp³-hybridized carbons (Fsp3) is 0.0577. The van der Waals surface area contributed by atoms with Crippen molar-refractivity contribution in [2.24, 2.45) is 5.92 Å². The molecule has 0 spiro atoms. The molecule has 0 fully saturated rings.